The maximum absolute atomic E-state index is 5.57. The van der Waals surface area contributed by atoms with Crippen LogP contribution in [0.15, 0.2) is 11.2 Å². The first-order valence-electron chi connectivity index (χ1n) is 5.04. The predicted octanol–water partition coefficient (Wildman–Crippen LogP) is 1.64. The van der Waals surface area contributed by atoms with Gasteiger partial charge in [0.05, 0.1) is 6.10 Å². The van der Waals surface area contributed by atoms with Crippen molar-refractivity contribution in [3.05, 3.63) is 11.8 Å². The van der Waals surface area contributed by atoms with Gasteiger partial charge in [-0.15, -0.1) is 0 Å². The summed E-state index contributed by atoms with van der Waals surface area (Å²) >= 11 is 1.74. The topological polar surface area (TPSA) is 61.0 Å². The molecule has 2 atom stereocenters. The predicted molar refractivity (Wildman–Crippen MR) is 60.9 cm³/mol. The third-order valence-electron chi connectivity index (χ3n) is 2.51. The van der Waals surface area contributed by atoms with Crippen molar-refractivity contribution in [2.24, 2.45) is 0 Å². The van der Waals surface area contributed by atoms with Gasteiger partial charge in [-0.3, -0.25) is 0 Å². The van der Waals surface area contributed by atoms with Gasteiger partial charge in [0.2, 0.25) is 5.95 Å². The van der Waals surface area contributed by atoms with E-state index in [0.29, 0.717) is 17.3 Å². The molecule has 0 spiro atoms. The van der Waals surface area contributed by atoms with E-state index in [9.17, 15) is 0 Å². The smallest absolute Gasteiger partial charge is 0.221 e. The Morgan fingerprint density at radius 2 is 2.40 bits per heavy atom. The second kappa shape index (κ2) is 4.37. The molecule has 0 amide bonds. The van der Waals surface area contributed by atoms with Crippen molar-refractivity contribution >= 4 is 17.7 Å². The molecular formula is C10H15N3OS. The molecular weight excluding hydrogens is 210 g/mol. The van der Waals surface area contributed by atoms with Gasteiger partial charge in [-0.05, 0) is 25.8 Å². The van der Waals surface area contributed by atoms with Crippen molar-refractivity contribution in [2.45, 2.75) is 36.6 Å². The Morgan fingerprint density at radius 1 is 1.60 bits per heavy atom. The van der Waals surface area contributed by atoms with E-state index >= 15 is 0 Å². The minimum Gasteiger partial charge on any atom is -0.377 e. The molecule has 82 valence electrons. The second-order valence-corrected chi connectivity index (χ2v) is 4.97. The van der Waals surface area contributed by atoms with Gasteiger partial charge in [-0.1, -0.05) is 11.8 Å². The molecule has 0 bridgehead atoms. The number of rotatable bonds is 2. The molecule has 2 rings (SSSR count). The quantitative estimate of drug-likeness (QED) is 0.775. The molecule has 1 aliphatic rings. The molecule has 2 unspecified atom stereocenters. The number of nitrogens with two attached hydrogens (primary N) is 1. The van der Waals surface area contributed by atoms with E-state index in [4.69, 9.17) is 10.5 Å². The first-order chi connectivity index (χ1) is 7.16. The summed E-state index contributed by atoms with van der Waals surface area (Å²) in [6.45, 7) is 4.95. The van der Waals surface area contributed by atoms with E-state index in [2.05, 4.69) is 16.9 Å². The number of hydrogen-bond acceptors (Lipinski definition) is 5. The molecule has 1 saturated heterocycles. The van der Waals surface area contributed by atoms with E-state index in [1.54, 1.807) is 18.0 Å². The zero-order chi connectivity index (χ0) is 10.8. The zero-order valence-electron chi connectivity index (χ0n) is 8.93. The van der Waals surface area contributed by atoms with Crippen LogP contribution in [0.3, 0.4) is 0 Å². The Kier molecular flexibility index (Phi) is 3.11. The van der Waals surface area contributed by atoms with Crippen LogP contribution in [0.4, 0.5) is 5.95 Å². The normalized spacial score (nSPS) is 25.7. The Morgan fingerprint density at radius 3 is 3.07 bits per heavy atom. The van der Waals surface area contributed by atoms with Crippen LogP contribution >= 0.6 is 11.8 Å². The zero-order valence-corrected chi connectivity index (χ0v) is 9.75. The van der Waals surface area contributed by atoms with E-state index in [1.165, 1.54) is 0 Å². The van der Waals surface area contributed by atoms with Crippen LogP contribution in [0.2, 0.25) is 0 Å². The van der Waals surface area contributed by atoms with Crippen LogP contribution < -0.4 is 5.73 Å². The highest BCUT2D eigenvalue weighted by molar-refractivity contribution is 8.00. The van der Waals surface area contributed by atoms with Crippen molar-refractivity contribution < 1.29 is 4.74 Å². The maximum Gasteiger partial charge on any atom is 0.221 e. The van der Waals surface area contributed by atoms with Crippen LogP contribution in [-0.4, -0.2) is 27.9 Å². The molecule has 1 fully saturated rings. The summed E-state index contributed by atoms with van der Waals surface area (Å²) in [5.74, 6) is 0.342. The van der Waals surface area contributed by atoms with Gasteiger partial charge in [-0.25, -0.2) is 9.97 Å². The lowest BCUT2D eigenvalue weighted by molar-refractivity contribution is 0.127. The van der Waals surface area contributed by atoms with Gasteiger partial charge >= 0.3 is 0 Å². The minimum atomic E-state index is 0.297. The van der Waals surface area contributed by atoms with Gasteiger partial charge in [0.25, 0.3) is 0 Å². The van der Waals surface area contributed by atoms with Crippen LogP contribution in [0, 0.1) is 6.92 Å². The van der Waals surface area contributed by atoms with Crippen molar-refractivity contribution in [1.29, 1.82) is 0 Å². The van der Waals surface area contributed by atoms with Crippen molar-refractivity contribution in [2.75, 3.05) is 12.3 Å². The van der Waals surface area contributed by atoms with Gasteiger partial charge < -0.3 is 10.5 Å². The van der Waals surface area contributed by atoms with Gasteiger partial charge in [-0.2, -0.15) is 0 Å². The molecule has 1 aliphatic heterocycles. The number of aromatic nitrogens is 2. The Labute approximate surface area is 93.6 Å². The number of thioether (sulfide) groups is 1. The van der Waals surface area contributed by atoms with Crippen molar-refractivity contribution in [3.8, 4) is 0 Å². The van der Waals surface area contributed by atoms with E-state index in [0.717, 1.165) is 23.6 Å². The molecule has 0 aliphatic carbocycles. The highest BCUT2D eigenvalue weighted by atomic mass is 32.2. The number of nitrogen functional groups attached to an aromatic ring is 1. The number of ether oxygens (including phenoxy) is 1. The minimum absolute atomic E-state index is 0.297. The summed E-state index contributed by atoms with van der Waals surface area (Å²) in [6, 6.07) is 0. The van der Waals surface area contributed by atoms with Gasteiger partial charge in [0.15, 0.2) is 0 Å². The van der Waals surface area contributed by atoms with Crippen molar-refractivity contribution in [3.63, 3.8) is 0 Å². The molecule has 0 saturated carbocycles. The molecule has 1 aromatic rings. The van der Waals surface area contributed by atoms with Crippen LogP contribution in [-0.2, 0) is 4.74 Å². The average Bonchev–Trinajstić information content (AvgIpc) is 2.58. The molecule has 4 nitrogen and oxygen atoms in total. The highest BCUT2D eigenvalue weighted by Crippen LogP contribution is 2.32. The first-order valence-corrected chi connectivity index (χ1v) is 5.92. The fourth-order valence-electron chi connectivity index (χ4n) is 1.57. The standard InChI is InChI=1S/C10H15N3OS/c1-6-5-12-10(11)13-9(6)15-8-3-4-14-7(8)2/h5,7-8H,3-4H2,1-2H3,(H2,11,12,13). The molecule has 2 heterocycles. The van der Waals surface area contributed by atoms with E-state index in [1.807, 2.05) is 6.92 Å². The summed E-state index contributed by atoms with van der Waals surface area (Å²) in [6.07, 6.45) is 3.14. The lowest BCUT2D eigenvalue weighted by Crippen LogP contribution is -2.14. The fraction of sp³-hybridized carbons (Fsp3) is 0.600. The Hall–Kier alpha value is -0.810. The number of anilines is 1. The monoisotopic (exact) mass is 225 g/mol. The van der Waals surface area contributed by atoms with Crippen molar-refractivity contribution in [1.82, 2.24) is 9.97 Å². The third kappa shape index (κ3) is 2.41. The van der Waals surface area contributed by atoms with Crippen LogP contribution in [0.1, 0.15) is 18.9 Å². The molecule has 1 aromatic heterocycles. The first kappa shape index (κ1) is 10.7. The van der Waals surface area contributed by atoms with E-state index < -0.39 is 0 Å². The molecule has 0 radical (unpaired) electrons. The summed E-state index contributed by atoms with van der Waals surface area (Å²) in [7, 11) is 0. The summed E-state index contributed by atoms with van der Waals surface area (Å²) in [5, 5.41) is 1.46. The van der Waals surface area contributed by atoms with Crippen LogP contribution in [0.25, 0.3) is 0 Å². The number of nitrogens with zero attached hydrogens (tertiary/aromatic N) is 2. The maximum atomic E-state index is 5.57. The number of aryl methyl sites for hydroxylation is 1. The van der Waals surface area contributed by atoms with Crippen LogP contribution in [0.5, 0.6) is 0 Å². The lowest BCUT2D eigenvalue weighted by atomic mass is 10.3. The highest BCUT2D eigenvalue weighted by Gasteiger charge is 2.26. The third-order valence-corrected chi connectivity index (χ3v) is 4.07. The summed E-state index contributed by atoms with van der Waals surface area (Å²) in [5.41, 5.74) is 6.65. The second-order valence-electron chi connectivity index (χ2n) is 3.74. The fourth-order valence-corrected chi connectivity index (χ4v) is 2.72. The molecule has 0 aromatic carbocycles. The summed E-state index contributed by atoms with van der Waals surface area (Å²) in [4.78, 5) is 8.20. The lowest BCUT2D eigenvalue weighted by Gasteiger charge is -2.13. The molecule has 2 N–H and O–H groups in total. The largest absolute Gasteiger partial charge is 0.377 e. The van der Waals surface area contributed by atoms with Gasteiger partial charge in [0.1, 0.15) is 5.03 Å². The Bertz CT molecular complexity index is 359. The number of hydrogen-bond donors (Lipinski definition) is 1. The van der Waals surface area contributed by atoms with E-state index in [-0.39, 0.29) is 0 Å². The average molecular weight is 225 g/mol. The summed E-state index contributed by atoms with van der Waals surface area (Å²) < 4.78 is 5.51. The van der Waals surface area contributed by atoms with Gasteiger partial charge in [0, 0.05) is 18.1 Å². The molecule has 15 heavy (non-hydrogen) atoms. The molecule has 5 heteroatoms. The SMILES string of the molecule is Cc1cnc(N)nc1SC1CCOC1C. The Balaban J connectivity index is 2.12.